The normalized spacial score (nSPS) is 20.5. The summed E-state index contributed by atoms with van der Waals surface area (Å²) in [6.45, 7) is 2.26. The maximum Gasteiger partial charge on any atom is 0.184 e. The topological polar surface area (TPSA) is 53.6 Å². The molecule has 2 fully saturated rings. The standard InChI is InChI=1S/C18H25ClN4S/c19-16-12-15(5-4-14(16)13-21-22-17(20)24)23-10-8-18(9-11-23)6-2-1-3-7-18/h4-5,12-13H,1-3,6-11H2,(H3,20,22,24). The van der Waals surface area contributed by atoms with E-state index in [1.54, 1.807) is 6.21 Å². The van der Waals surface area contributed by atoms with Crippen molar-refractivity contribution in [3.63, 3.8) is 0 Å². The summed E-state index contributed by atoms with van der Waals surface area (Å²) in [5.74, 6) is 0. The van der Waals surface area contributed by atoms with E-state index in [2.05, 4.69) is 21.5 Å². The first kappa shape index (κ1) is 17.5. The molecule has 3 rings (SSSR count). The zero-order valence-corrected chi connectivity index (χ0v) is 15.5. The Morgan fingerprint density at radius 2 is 1.92 bits per heavy atom. The summed E-state index contributed by atoms with van der Waals surface area (Å²) in [5.41, 5.74) is 10.6. The van der Waals surface area contributed by atoms with Crippen LogP contribution in [0.25, 0.3) is 0 Å². The number of nitrogens with zero attached hydrogens (tertiary/aromatic N) is 2. The van der Waals surface area contributed by atoms with Crippen molar-refractivity contribution in [2.24, 2.45) is 16.3 Å². The predicted octanol–water partition coefficient (Wildman–Crippen LogP) is 4.06. The summed E-state index contributed by atoms with van der Waals surface area (Å²) in [5, 5.41) is 4.80. The average Bonchev–Trinajstić information content (AvgIpc) is 2.57. The van der Waals surface area contributed by atoms with Crippen LogP contribution >= 0.6 is 23.8 Å². The number of benzene rings is 1. The van der Waals surface area contributed by atoms with E-state index in [1.165, 1.54) is 50.6 Å². The summed E-state index contributed by atoms with van der Waals surface area (Å²) >= 11 is 11.1. The molecule has 24 heavy (non-hydrogen) atoms. The van der Waals surface area contributed by atoms with Gasteiger partial charge in [-0.05, 0) is 61.5 Å². The fourth-order valence-electron chi connectivity index (χ4n) is 4.02. The van der Waals surface area contributed by atoms with E-state index in [0.29, 0.717) is 10.4 Å². The Kier molecular flexibility index (Phi) is 5.61. The third kappa shape index (κ3) is 4.19. The Labute approximate surface area is 154 Å². The molecule has 4 nitrogen and oxygen atoms in total. The van der Waals surface area contributed by atoms with E-state index in [9.17, 15) is 0 Å². The number of hydrogen-bond acceptors (Lipinski definition) is 3. The van der Waals surface area contributed by atoms with Crippen LogP contribution in [0.4, 0.5) is 5.69 Å². The Bertz CT molecular complexity index is 615. The number of halogens is 1. The van der Waals surface area contributed by atoms with E-state index in [1.807, 2.05) is 12.1 Å². The first-order chi connectivity index (χ1) is 11.6. The van der Waals surface area contributed by atoms with Gasteiger partial charge in [-0.25, -0.2) is 0 Å². The highest BCUT2D eigenvalue weighted by Crippen LogP contribution is 2.45. The van der Waals surface area contributed by atoms with Crippen LogP contribution in [-0.2, 0) is 0 Å². The molecular formula is C18H25ClN4S. The first-order valence-electron chi connectivity index (χ1n) is 8.71. The SMILES string of the molecule is NC(=S)NN=Cc1ccc(N2CCC3(CCCCC3)CC2)cc1Cl. The van der Waals surface area contributed by atoms with Gasteiger partial charge in [0.15, 0.2) is 5.11 Å². The lowest BCUT2D eigenvalue weighted by molar-refractivity contribution is 0.144. The molecule has 1 heterocycles. The Hall–Kier alpha value is -1.33. The number of nitrogens with one attached hydrogen (secondary N) is 1. The lowest BCUT2D eigenvalue weighted by atomic mass is 9.68. The van der Waals surface area contributed by atoms with Gasteiger partial charge in [0.05, 0.1) is 11.2 Å². The van der Waals surface area contributed by atoms with Crippen LogP contribution in [0.3, 0.4) is 0 Å². The van der Waals surface area contributed by atoms with Crippen LogP contribution in [0.1, 0.15) is 50.5 Å². The molecule has 0 aromatic heterocycles. The van der Waals surface area contributed by atoms with Gasteiger partial charge in [0.2, 0.25) is 0 Å². The van der Waals surface area contributed by atoms with Crippen LogP contribution < -0.4 is 16.1 Å². The fraction of sp³-hybridized carbons (Fsp3) is 0.556. The van der Waals surface area contributed by atoms with Crippen LogP contribution in [0.15, 0.2) is 23.3 Å². The van der Waals surface area contributed by atoms with E-state index in [-0.39, 0.29) is 5.11 Å². The highest BCUT2D eigenvalue weighted by molar-refractivity contribution is 7.80. The van der Waals surface area contributed by atoms with Gasteiger partial charge in [-0.2, -0.15) is 5.10 Å². The van der Waals surface area contributed by atoms with E-state index < -0.39 is 0 Å². The molecule has 0 unspecified atom stereocenters. The summed E-state index contributed by atoms with van der Waals surface area (Å²) < 4.78 is 0. The molecule has 1 saturated carbocycles. The van der Waals surface area contributed by atoms with E-state index >= 15 is 0 Å². The summed E-state index contributed by atoms with van der Waals surface area (Å²) in [6.07, 6.45) is 11.4. The molecule has 0 atom stereocenters. The number of piperidine rings is 1. The predicted molar refractivity (Wildman–Crippen MR) is 106 cm³/mol. The average molecular weight is 365 g/mol. The van der Waals surface area contributed by atoms with Crippen molar-refractivity contribution >= 4 is 40.8 Å². The van der Waals surface area contributed by atoms with Crippen LogP contribution in [0.2, 0.25) is 5.02 Å². The molecule has 1 saturated heterocycles. The van der Waals surface area contributed by atoms with Gasteiger partial charge in [-0.3, -0.25) is 5.43 Å². The maximum atomic E-state index is 6.40. The molecule has 1 spiro atoms. The molecule has 130 valence electrons. The third-order valence-electron chi connectivity index (χ3n) is 5.47. The van der Waals surface area contributed by atoms with Crippen LogP contribution in [-0.4, -0.2) is 24.4 Å². The molecule has 0 radical (unpaired) electrons. The molecule has 1 aliphatic carbocycles. The molecule has 0 bridgehead atoms. The number of hydrazone groups is 1. The van der Waals surface area contributed by atoms with Crippen molar-refractivity contribution in [1.82, 2.24) is 5.43 Å². The van der Waals surface area contributed by atoms with Gasteiger partial charge in [0.1, 0.15) is 0 Å². The number of nitrogens with two attached hydrogens (primary N) is 1. The van der Waals surface area contributed by atoms with Crippen molar-refractivity contribution in [3.8, 4) is 0 Å². The Morgan fingerprint density at radius 3 is 2.54 bits per heavy atom. The zero-order valence-electron chi connectivity index (χ0n) is 13.9. The molecular weight excluding hydrogens is 340 g/mol. The summed E-state index contributed by atoms with van der Waals surface area (Å²) in [7, 11) is 0. The first-order valence-corrected chi connectivity index (χ1v) is 9.50. The van der Waals surface area contributed by atoms with Crippen LogP contribution in [0, 0.1) is 5.41 Å². The number of rotatable bonds is 3. The lowest BCUT2D eigenvalue weighted by Crippen LogP contribution is -2.41. The molecule has 2 aliphatic rings. The second kappa shape index (κ2) is 7.70. The van der Waals surface area contributed by atoms with Crippen molar-refractivity contribution in [2.45, 2.75) is 44.9 Å². The maximum absolute atomic E-state index is 6.40. The van der Waals surface area contributed by atoms with Crippen molar-refractivity contribution < 1.29 is 0 Å². The quantitative estimate of drug-likeness (QED) is 0.482. The highest BCUT2D eigenvalue weighted by Gasteiger charge is 2.35. The molecule has 3 N–H and O–H groups in total. The Balaban J connectivity index is 1.62. The third-order valence-corrected chi connectivity index (χ3v) is 5.88. The smallest absolute Gasteiger partial charge is 0.184 e. The minimum absolute atomic E-state index is 0.143. The van der Waals surface area contributed by atoms with Gasteiger partial charge in [0.25, 0.3) is 0 Å². The van der Waals surface area contributed by atoms with Gasteiger partial charge >= 0.3 is 0 Å². The number of hydrogen-bond donors (Lipinski definition) is 2. The van der Waals surface area contributed by atoms with Gasteiger partial charge < -0.3 is 10.6 Å². The van der Waals surface area contributed by atoms with Gasteiger partial charge in [-0.1, -0.05) is 30.9 Å². The second-order valence-electron chi connectivity index (χ2n) is 6.99. The fourth-order valence-corrected chi connectivity index (χ4v) is 4.30. The van der Waals surface area contributed by atoms with Crippen molar-refractivity contribution in [1.29, 1.82) is 0 Å². The van der Waals surface area contributed by atoms with E-state index in [0.717, 1.165) is 18.7 Å². The van der Waals surface area contributed by atoms with Gasteiger partial charge in [0, 0.05) is 24.3 Å². The van der Waals surface area contributed by atoms with Crippen LogP contribution in [0.5, 0.6) is 0 Å². The number of thiocarbonyl (C=S) groups is 1. The summed E-state index contributed by atoms with van der Waals surface area (Å²) in [4.78, 5) is 2.46. The molecule has 1 aromatic carbocycles. The molecule has 0 amide bonds. The largest absolute Gasteiger partial charge is 0.375 e. The van der Waals surface area contributed by atoms with Crippen molar-refractivity contribution in [3.05, 3.63) is 28.8 Å². The van der Waals surface area contributed by atoms with Crippen molar-refractivity contribution in [2.75, 3.05) is 18.0 Å². The summed E-state index contributed by atoms with van der Waals surface area (Å²) in [6, 6.07) is 6.14. The minimum Gasteiger partial charge on any atom is -0.375 e. The minimum atomic E-state index is 0.143. The van der Waals surface area contributed by atoms with E-state index in [4.69, 9.17) is 29.6 Å². The molecule has 6 heteroatoms. The molecule has 1 aromatic rings. The zero-order chi connectivity index (χ0) is 17.0. The highest BCUT2D eigenvalue weighted by atomic mass is 35.5. The lowest BCUT2D eigenvalue weighted by Gasteiger charge is -2.45. The van der Waals surface area contributed by atoms with Gasteiger partial charge in [-0.15, -0.1) is 0 Å². The second-order valence-corrected chi connectivity index (χ2v) is 7.83. The number of anilines is 1. The monoisotopic (exact) mass is 364 g/mol. The Morgan fingerprint density at radius 1 is 1.21 bits per heavy atom. The molecule has 1 aliphatic heterocycles.